The van der Waals surface area contributed by atoms with Crippen LogP contribution in [0.15, 0.2) is 107 Å². The molecule has 1 heterocycles. The molecule has 0 aromatic heterocycles. The van der Waals surface area contributed by atoms with Gasteiger partial charge in [0, 0.05) is 5.69 Å². The van der Waals surface area contributed by atoms with E-state index < -0.39 is 9.84 Å². The molecule has 30 heavy (non-hydrogen) atoms. The van der Waals surface area contributed by atoms with Crippen LogP contribution in [0.2, 0.25) is 0 Å². The smallest absolute Gasteiger partial charge is 0.206 e. The highest BCUT2D eigenvalue weighted by atomic mass is 32.2. The fourth-order valence-electron chi connectivity index (χ4n) is 3.61. The van der Waals surface area contributed by atoms with Crippen molar-refractivity contribution >= 4 is 26.9 Å². The molecule has 5 rings (SSSR count). The van der Waals surface area contributed by atoms with Crippen LogP contribution in [0.5, 0.6) is 11.5 Å². The van der Waals surface area contributed by atoms with E-state index in [1.54, 1.807) is 24.3 Å². The highest BCUT2D eigenvalue weighted by molar-refractivity contribution is 7.91. The summed E-state index contributed by atoms with van der Waals surface area (Å²) >= 11 is 0. The lowest BCUT2D eigenvalue weighted by Gasteiger charge is -2.32. The van der Waals surface area contributed by atoms with Gasteiger partial charge in [-0.3, -0.25) is 0 Å². The van der Waals surface area contributed by atoms with Crippen LogP contribution in [0.3, 0.4) is 0 Å². The molecule has 148 valence electrons. The summed E-state index contributed by atoms with van der Waals surface area (Å²) in [5.74, 6) is 1.51. The molecule has 5 heteroatoms. The second-order valence-electron chi connectivity index (χ2n) is 7.18. The quantitative estimate of drug-likeness (QED) is 0.343. The minimum Gasteiger partial charge on any atom is -0.453 e. The number of ether oxygens (including phenoxy) is 1. The van der Waals surface area contributed by atoms with Crippen LogP contribution in [0.25, 0.3) is 0 Å². The van der Waals surface area contributed by atoms with Crippen LogP contribution in [0.4, 0.5) is 17.1 Å². The number of anilines is 3. The fourth-order valence-corrected chi connectivity index (χ4v) is 4.87. The summed E-state index contributed by atoms with van der Waals surface area (Å²) in [5, 5.41) is 0. The molecule has 0 fully saturated rings. The number of aryl methyl sites for hydroxylation is 1. The number of hydrogen-bond acceptors (Lipinski definition) is 4. The first kappa shape index (κ1) is 18.5. The van der Waals surface area contributed by atoms with Crippen LogP contribution in [-0.2, 0) is 9.84 Å². The molecule has 0 atom stereocenters. The van der Waals surface area contributed by atoms with Crippen molar-refractivity contribution in [2.45, 2.75) is 16.7 Å². The normalized spacial score (nSPS) is 12.6. The van der Waals surface area contributed by atoms with Crippen molar-refractivity contribution in [2.75, 3.05) is 4.90 Å². The number of fused-ring (bicyclic) bond motifs is 2. The largest absolute Gasteiger partial charge is 0.453 e. The summed E-state index contributed by atoms with van der Waals surface area (Å²) in [6.07, 6.45) is 0. The van der Waals surface area contributed by atoms with Gasteiger partial charge in [0.15, 0.2) is 11.5 Å². The highest BCUT2D eigenvalue weighted by Crippen LogP contribution is 2.50. The van der Waals surface area contributed by atoms with Gasteiger partial charge in [0.2, 0.25) is 9.84 Å². The summed E-state index contributed by atoms with van der Waals surface area (Å²) < 4.78 is 32.0. The molecule has 0 amide bonds. The number of hydrogen-bond donors (Lipinski definition) is 0. The molecule has 4 nitrogen and oxygen atoms in total. The SMILES string of the molecule is Cc1ccc(S(=O)(=O)c2ccc(N3c4ccccc4Oc4ccccc43)cc2)cc1. The first-order valence-corrected chi connectivity index (χ1v) is 11.1. The van der Waals surface area contributed by atoms with Gasteiger partial charge < -0.3 is 9.64 Å². The lowest BCUT2D eigenvalue weighted by Crippen LogP contribution is -2.15. The van der Waals surface area contributed by atoms with Gasteiger partial charge in [-0.25, -0.2) is 8.42 Å². The minimum atomic E-state index is -3.57. The highest BCUT2D eigenvalue weighted by Gasteiger charge is 2.25. The maximum absolute atomic E-state index is 13.0. The van der Waals surface area contributed by atoms with Crippen LogP contribution >= 0.6 is 0 Å². The van der Waals surface area contributed by atoms with Crippen molar-refractivity contribution in [2.24, 2.45) is 0 Å². The predicted octanol–water partition coefficient (Wildman–Crippen LogP) is 6.40. The molecule has 4 aromatic rings. The molecule has 0 unspecified atom stereocenters. The van der Waals surface area contributed by atoms with Crippen LogP contribution in [0.1, 0.15) is 5.56 Å². The summed E-state index contributed by atoms with van der Waals surface area (Å²) in [7, 11) is -3.57. The van der Waals surface area contributed by atoms with Gasteiger partial charge in [-0.05, 0) is 67.6 Å². The molecular weight excluding hydrogens is 394 g/mol. The Kier molecular flexibility index (Phi) is 4.33. The Labute approximate surface area is 175 Å². The molecule has 0 aliphatic carbocycles. The third-order valence-electron chi connectivity index (χ3n) is 5.17. The van der Waals surface area contributed by atoms with Gasteiger partial charge in [-0.1, -0.05) is 42.0 Å². The maximum Gasteiger partial charge on any atom is 0.206 e. The molecule has 4 aromatic carbocycles. The standard InChI is InChI=1S/C25H19NO3S/c1-18-10-14-20(15-11-18)30(27,28)21-16-12-19(13-17-21)26-22-6-2-4-8-24(22)29-25-9-5-3-7-23(25)26/h2-17H,1H3. The topological polar surface area (TPSA) is 46.6 Å². The zero-order valence-electron chi connectivity index (χ0n) is 16.3. The third-order valence-corrected chi connectivity index (χ3v) is 6.95. The van der Waals surface area contributed by atoms with E-state index in [4.69, 9.17) is 4.74 Å². The van der Waals surface area contributed by atoms with E-state index in [-0.39, 0.29) is 4.90 Å². The number of nitrogens with zero attached hydrogens (tertiary/aromatic N) is 1. The Morgan fingerprint density at radius 1 is 0.633 bits per heavy atom. The van der Waals surface area contributed by atoms with Crippen molar-refractivity contribution in [3.05, 3.63) is 103 Å². The molecule has 0 N–H and O–H groups in total. The number of benzene rings is 4. The minimum absolute atomic E-state index is 0.268. The third kappa shape index (κ3) is 3.04. The molecule has 0 saturated carbocycles. The molecule has 0 saturated heterocycles. The van der Waals surface area contributed by atoms with Gasteiger partial charge in [0.25, 0.3) is 0 Å². The summed E-state index contributed by atoms with van der Waals surface area (Å²) in [6, 6.07) is 29.5. The number of rotatable bonds is 3. The van der Waals surface area contributed by atoms with E-state index in [1.807, 2.05) is 79.7 Å². The molecular formula is C25H19NO3S. The van der Waals surface area contributed by atoms with Crippen molar-refractivity contribution in [3.63, 3.8) is 0 Å². The summed E-state index contributed by atoms with van der Waals surface area (Å²) in [5.41, 5.74) is 3.70. The Morgan fingerprint density at radius 2 is 1.10 bits per heavy atom. The van der Waals surface area contributed by atoms with Crippen molar-refractivity contribution in [1.29, 1.82) is 0 Å². The van der Waals surface area contributed by atoms with E-state index in [2.05, 4.69) is 4.90 Å². The van der Waals surface area contributed by atoms with E-state index in [0.29, 0.717) is 4.90 Å². The molecule has 0 radical (unpaired) electrons. The zero-order valence-corrected chi connectivity index (χ0v) is 17.1. The van der Waals surface area contributed by atoms with Gasteiger partial charge >= 0.3 is 0 Å². The lowest BCUT2D eigenvalue weighted by atomic mass is 10.1. The predicted molar refractivity (Wildman–Crippen MR) is 118 cm³/mol. The first-order valence-electron chi connectivity index (χ1n) is 9.62. The van der Waals surface area contributed by atoms with Crippen LogP contribution in [0, 0.1) is 6.92 Å². The van der Waals surface area contributed by atoms with E-state index in [0.717, 1.165) is 34.1 Å². The fraction of sp³-hybridized carbons (Fsp3) is 0.0400. The lowest BCUT2D eigenvalue weighted by molar-refractivity contribution is 0.477. The van der Waals surface area contributed by atoms with Gasteiger partial charge in [0.1, 0.15) is 0 Å². The Morgan fingerprint density at radius 3 is 1.63 bits per heavy atom. The Balaban J connectivity index is 1.58. The second kappa shape index (κ2) is 7.04. The summed E-state index contributed by atoms with van der Waals surface area (Å²) in [4.78, 5) is 2.64. The number of sulfone groups is 1. The number of para-hydroxylation sites is 4. The summed E-state index contributed by atoms with van der Waals surface area (Å²) in [6.45, 7) is 1.93. The Bertz CT molecular complexity index is 1280. The zero-order chi connectivity index (χ0) is 20.7. The van der Waals surface area contributed by atoms with Crippen molar-refractivity contribution < 1.29 is 13.2 Å². The molecule has 0 spiro atoms. The van der Waals surface area contributed by atoms with E-state index in [1.165, 1.54) is 0 Å². The molecule has 1 aliphatic heterocycles. The van der Waals surface area contributed by atoms with Crippen LogP contribution < -0.4 is 9.64 Å². The average molecular weight is 413 g/mol. The molecule has 1 aliphatic rings. The van der Waals surface area contributed by atoms with Gasteiger partial charge in [-0.15, -0.1) is 0 Å². The first-order chi connectivity index (χ1) is 14.5. The van der Waals surface area contributed by atoms with Crippen molar-refractivity contribution in [3.8, 4) is 11.5 Å². The van der Waals surface area contributed by atoms with E-state index >= 15 is 0 Å². The average Bonchev–Trinajstić information content (AvgIpc) is 2.78. The maximum atomic E-state index is 13.0. The molecule has 0 bridgehead atoms. The van der Waals surface area contributed by atoms with Gasteiger partial charge in [0.05, 0.1) is 21.2 Å². The Hall–Kier alpha value is -3.57. The monoisotopic (exact) mass is 413 g/mol. The van der Waals surface area contributed by atoms with Gasteiger partial charge in [-0.2, -0.15) is 0 Å². The second-order valence-corrected chi connectivity index (χ2v) is 9.13. The van der Waals surface area contributed by atoms with E-state index in [9.17, 15) is 8.42 Å². The van der Waals surface area contributed by atoms with Crippen LogP contribution in [-0.4, -0.2) is 8.42 Å². The van der Waals surface area contributed by atoms with Crippen molar-refractivity contribution in [1.82, 2.24) is 0 Å².